The average Bonchev–Trinajstić information content (AvgIpc) is 2.78. The number of benzene rings is 1. The van der Waals surface area contributed by atoms with E-state index in [2.05, 4.69) is 10.3 Å². The van der Waals surface area contributed by atoms with Crippen LogP contribution in [0.5, 0.6) is 0 Å². The molecule has 0 saturated carbocycles. The lowest BCUT2D eigenvalue weighted by Crippen LogP contribution is -2.02. The van der Waals surface area contributed by atoms with Crippen molar-refractivity contribution in [2.75, 3.05) is 0 Å². The van der Waals surface area contributed by atoms with Crippen LogP contribution in [0, 0.1) is 12.7 Å². The van der Waals surface area contributed by atoms with Gasteiger partial charge >= 0.3 is 5.97 Å². The highest BCUT2D eigenvalue weighted by molar-refractivity contribution is 5.66. The summed E-state index contributed by atoms with van der Waals surface area (Å²) in [6, 6.07) is 4.59. The molecule has 1 aromatic heterocycles. The van der Waals surface area contributed by atoms with Crippen LogP contribution >= 0.6 is 0 Å². The van der Waals surface area contributed by atoms with Gasteiger partial charge in [0.25, 0.3) is 0 Å². The summed E-state index contributed by atoms with van der Waals surface area (Å²) in [4.78, 5) is 10.5. The lowest BCUT2D eigenvalue weighted by atomic mass is 10.1. The number of aliphatic carboxylic acids is 1. The number of aromatic nitrogens is 3. The third-order valence-electron chi connectivity index (χ3n) is 2.82. The number of aryl methyl sites for hydroxylation is 2. The van der Waals surface area contributed by atoms with Gasteiger partial charge in [-0.1, -0.05) is 11.3 Å². The van der Waals surface area contributed by atoms with Gasteiger partial charge in [0, 0.05) is 12.6 Å². The standard InChI is InChI=1S/C13H14FN3O2/c1-9-6-11(14)3-2-10(9)7-17-8-12(15-16-17)4-5-13(18)19/h2-3,6,8H,4-5,7H2,1H3,(H,18,19). The van der Waals surface area contributed by atoms with Crippen LogP contribution in [0.3, 0.4) is 0 Å². The molecule has 0 fully saturated rings. The van der Waals surface area contributed by atoms with Gasteiger partial charge in [-0.3, -0.25) is 4.79 Å². The number of hydrogen-bond donors (Lipinski definition) is 1. The van der Waals surface area contributed by atoms with E-state index in [9.17, 15) is 9.18 Å². The molecule has 1 N–H and O–H groups in total. The average molecular weight is 263 g/mol. The molecule has 2 rings (SSSR count). The first kappa shape index (κ1) is 13.2. The zero-order valence-electron chi connectivity index (χ0n) is 10.5. The van der Waals surface area contributed by atoms with Crippen LogP contribution in [0.1, 0.15) is 23.2 Å². The fourth-order valence-electron chi connectivity index (χ4n) is 1.78. The fourth-order valence-corrected chi connectivity index (χ4v) is 1.78. The molecule has 0 amide bonds. The Bertz CT molecular complexity index is 595. The van der Waals surface area contributed by atoms with Crippen molar-refractivity contribution in [1.29, 1.82) is 0 Å². The maximum atomic E-state index is 13.0. The van der Waals surface area contributed by atoms with Gasteiger partial charge in [-0.25, -0.2) is 9.07 Å². The van der Waals surface area contributed by atoms with Crippen molar-refractivity contribution in [3.05, 3.63) is 47.0 Å². The third-order valence-corrected chi connectivity index (χ3v) is 2.82. The summed E-state index contributed by atoms with van der Waals surface area (Å²) in [5, 5.41) is 16.4. The highest BCUT2D eigenvalue weighted by Crippen LogP contribution is 2.11. The molecule has 6 heteroatoms. The summed E-state index contributed by atoms with van der Waals surface area (Å²) in [6.07, 6.45) is 2.11. The molecule has 1 aromatic carbocycles. The molecule has 5 nitrogen and oxygen atoms in total. The highest BCUT2D eigenvalue weighted by atomic mass is 19.1. The molecular weight excluding hydrogens is 249 g/mol. The minimum Gasteiger partial charge on any atom is -0.481 e. The van der Waals surface area contributed by atoms with E-state index in [1.165, 1.54) is 12.1 Å². The number of carboxylic acid groups (broad SMARTS) is 1. The van der Waals surface area contributed by atoms with Crippen molar-refractivity contribution in [3.63, 3.8) is 0 Å². The van der Waals surface area contributed by atoms with E-state index >= 15 is 0 Å². The number of rotatable bonds is 5. The van der Waals surface area contributed by atoms with Crippen molar-refractivity contribution < 1.29 is 14.3 Å². The lowest BCUT2D eigenvalue weighted by molar-refractivity contribution is -0.136. The zero-order valence-corrected chi connectivity index (χ0v) is 10.5. The molecule has 0 bridgehead atoms. The second kappa shape index (κ2) is 5.60. The number of carbonyl (C=O) groups is 1. The highest BCUT2D eigenvalue weighted by Gasteiger charge is 2.06. The van der Waals surface area contributed by atoms with Gasteiger partial charge in [-0.05, 0) is 30.2 Å². The predicted octanol–water partition coefficient (Wildman–Crippen LogP) is 1.79. The van der Waals surface area contributed by atoms with E-state index in [0.29, 0.717) is 18.7 Å². The number of hydrogen-bond acceptors (Lipinski definition) is 3. The molecular formula is C13H14FN3O2. The normalized spacial score (nSPS) is 10.6. The first-order valence-corrected chi connectivity index (χ1v) is 5.90. The van der Waals surface area contributed by atoms with Crippen molar-refractivity contribution in [2.24, 2.45) is 0 Å². The monoisotopic (exact) mass is 263 g/mol. The van der Waals surface area contributed by atoms with E-state index in [1.807, 2.05) is 6.92 Å². The second-order valence-corrected chi connectivity index (χ2v) is 4.37. The Morgan fingerprint density at radius 2 is 2.26 bits per heavy atom. The quantitative estimate of drug-likeness (QED) is 0.893. The van der Waals surface area contributed by atoms with E-state index in [4.69, 9.17) is 5.11 Å². The maximum absolute atomic E-state index is 13.0. The molecule has 0 saturated heterocycles. The van der Waals surface area contributed by atoms with Gasteiger partial charge in [-0.2, -0.15) is 0 Å². The molecule has 0 aliphatic rings. The molecule has 19 heavy (non-hydrogen) atoms. The van der Waals surface area contributed by atoms with Gasteiger partial charge < -0.3 is 5.11 Å². The van der Waals surface area contributed by atoms with Crippen molar-refractivity contribution >= 4 is 5.97 Å². The molecule has 0 aliphatic carbocycles. The number of nitrogens with zero attached hydrogens (tertiary/aromatic N) is 3. The summed E-state index contributed by atoms with van der Waals surface area (Å²) in [5.41, 5.74) is 2.45. The predicted molar refractivity (Wildman–Crippen MR) is 66.2 cm³/mol. The minimum atomic E-state index is -0.857. The summed E-state index contributed by atoms with van der Waals surface area (Å²) in [6.45, 7) is 2.33. The SMILES string of the molecule is Cc1cc(F)ccc1Cn1cc(CCC(=O)O)nn1. The Morgan fingerprint density at radius 1 is 1.47 bits per heavy atom. The molecule has 0 spiro atoms. The van der Waals surface area contributed by atoms with Gasteiger partial charge in [0.05, 0.1) is 18.7 Å². The minimum absolute atomic E-state index is 0.0360. The van der Waals surface area contributed by atoms with E-state index in [-0.39, 0.29) is 12.2 Å². The van der Waals surface area contributed by atoms with Crippen molar-refractivity contribution in [2.45, 2.75) is 26.3 Å². The summed E-state index contributed by atoms with van der Waals surface area (Å²) in [5.74, 6) is -1.12. The summed E-state index contributed by atoms with van der Waals surface area (Å²) >= 11 is 0. The van der Waals surface area contributed by atoms with Crippen LogP contribution in [0.2, 0.25) is 0 Å². The fraction of sp³-hybridized carbons (Fsp3) is 0.308. The molecule has 1 heterocycles. The molecule has 100 valence electrons. The van der Waals surface area contributed by atoms with Crippen LogP contribution in [-0.2, 0) is 17.8 Å². The van der Waals surface area contributed by atoms with E-state index < -0.39 is 5.97 Å². The van der Waals surface area contributed by atoms with Crippen molar-refractivity contribution in [3.8, 4) is 0 Å². The first-order valence-electron chi connectivity index (χ1n) is 5.90. The number of halogens is 1. The Morgan fingerprint density at radius 3 is 2.95 bits per heavy atom. The smallest absolute Gasteiger partial charge is 0.303 e. The van der Waals surface area contributed by atoms with Crippen LogP contribution in [0.15, 0.2) is 24.4 Å². The maximum Gasteiger partial charge on any atom is 0.303 e. The largest absolute Gasteiger partial charge is 0.481 e. The molecule has 0 unspecified atom stereocenters. The van der Waals surface area contributed by atoms with Gasteiger partial charge in [0.1, 0.15) is 5.82 Å². The molecule has 0 aliphatic heterocycles. The lowest BCUT2D eigenvalue weighted by Gasteiger charge is -2.05. The Balaban J connectivity index is 2.05. The second-order valence-electron chi connectivity index (χ2n) is 4.37. The van der Waals surface area contributed by atoms with Crippen LogP contribution in [0.25, 0.3) is 0 Å². The van der Waals surface area contributed by atoms with Crippen LogP contribution < -0.4 is 0 Å². The van der Waals surface area contributed by atoms with Crippen molar-refractivity contribution in [1.82, 2.24) is 15.0 Å². The first-order chi connectivity index (χ1) is 9.04. The third kappa shape index (κ3) is 3.61. The van der Waals surface area contributed by atoms with E-state index in [0.717, 1.165) is 11.1 Å². The van der Waals surface area contributed by atoms with E-state index in [1.54, 1.807) is 16.9 Å². The number of carboxylic acids is 1. The Kier molecular flexibility index (Phi) is 3.89. The topological polar surface area (TPSA) is 68.0 Å². The molecule has 0 radical (unpaired) electrons. The molecule has 2 aromatic rings. The zero-order chi connectivity index (χ0) is 13.8. The van der Waals surface area contributed by atoms with Crippen LogP contribution in [-0.4, -0.2) is 26.1 Å². The van der Waals surface area contributed by atoms with Gasteiger partial charge in [0.2, 0.25) is 0 Å². The van der Waals surface area contributed by atoms with Gasteiger partial charge in [0.15, 0.2) is 0 Å². The Hall–Kier alpha value is -2.24. The molecule has 0 atom stereocenters. The van der Waals surface area contributed by atoms with Crippen LogP contribution in [0.4, 0.5) is 4.39 Å². The summed E-state index contributed by atoms with van der Waals surface area (Å²) in [7, 11) is 0. The Labute approximate surface area is 109 Å². The van der Waals surface area contributed by atoms with Gasteiger partial charge in [-0.15, -0.1) is 5.10 Å². The summed E-state index contributed by atoms with van der Waals surface area (Å²) < 4.78 is 14.6.